The quantitative estimate of drug-likeness (QED) is 0.294. The first kappa shape index (κ1) is 37.3. The highest BCUT2D eigenvalue weighted by Crippen LogP contribution is 2.27. The number of allylic oxidation sites excluding steroid dienone is 3. The molecule has 1 unspecified atom stereocenters. The summed E-state index contributed by atoms with van der Waals surface area (Å²) in [5.74, 6) is -0.364. The Morgan fingerprint density at radius 2 is 1.95 bits per heavy atom. The molecule has 0 aromatic heterocycles. The number of alkyl halides is 3. The van der Waals surface area contributed by atoms with Gasteiger partial charge in [-0.25, -0.2) is 5.01 Å². The molecule has 3 rings (SSSR count). The number of fused-ring (bicyclic) bond motifs is 1. The van der Waals surface area contributed by atoms with E-state index in [1.165, 1.54) is 37.5 Å². The van der Waals surface area contributed by atoms with Gasteiger partial charge in [0.2, 0.25) is 0 Å². The van der Waals surface area contributed by atoms with E-state index in [2.05, 4.69) is 31.0 Å². The van der Waals surface area contributed by atoms with Crippen LogP contribution in [0.2, 0.25) is 0 Å². The maximum Gasteiger partial charge on any atom is 0.409 e. The number of anilines is 1. The highest BCUT2D eigenvalue weighted by molar-refractivity contribution is 6.44. The third kappa shape index (κ3) is 12.6. The molecule has 0 bridgehead atoms. The number of benzene rings is 1. The van der Waals surface area contributed by atoms with Crippen molar-refractivity contribution in [3.8, 4) is 5.75 Å². The number of amides is 3. The number of nitrogens with one attached hydrogen (secondary N) is 3. The van der Waals surface area contributed by atoms with Crippen molar-refractivity contribution in [2.24, 2.45) is 15.1 Å². The van der Waals surface area contributed by atoms with Gasteiger partial charge in [0.15, 0.2) is 6.61 Å². The number of ether oxygens (including phenoxy) is 1. The number of carbonyl (C=O) groups is 3. The maximum absolute atomic E-state index is 12.8. The number of aliphatic imine (C=N–C) groups is 2. The van der Waals surface area contributed by atoms with Gasteiger partial charge < -0.3 is 20.7 Å². The lowest BCUT2D eigenvalue weighted by molar-refractivity contribution is -0.119. The summed E-state index contributed by atoms with van der Waals surface area (Å²) in [5, 5.41) is 13.4. The third-order valence-corrected chi connectivity index (χ3v) is 5.39. The molecule has 2 aliphatic rings. The highest BCUT2D eigenvalue weighted by Gasteiger charge is 2.28. The molecule has 44 heavy (non-hydrogen) atoms. The van der Waals surface area contributed by atoms with E-state index in [1.54, 1.807) is 13.1 Å². The molecule has 0 spiro atoms. The second kappa shape index (κ2) is 18.7. The standard InChI is InChI=1S/C19H25F3N6O2.C9H9NO2.C2H6/c1-5-9-26-28-13(2)27-15(17(29)24-4)10-16(28)18(30)25-12-14(11-23-3)7-6-8-19(20,21)22;1-6-2-3-8-7(4-6)10-9(11)5-12-8;1-2/h6-11,13H,5,12H2,1-4H3,(H,24,29)(H,25,30);2-4H,5H2,1H3,(H,10,11);1-2H3/b8-6+,14-7+,23-11?,26-9-;;. The monoisotopic (exact) mass is 619 g/mol. The topological polar surface area (TPSA) is 137 Å². The predicted molar refractivity (Wildman–Crippen MR) is 167 cm³/mol. The van der Waals surface area contributed by atoms with E-state index in [4.69, 9.17) is 4.74 Å². The summed E-state index contributed by atoms with van der Waals surface area (Å²) < 4.78 is 42.0. The van der Waals surface area contributed by atoms with Crippen LogP contribution in [0.5, 0.6) is 5.75 Å². The fraction of sp³-hybridized carbons (Fsp3) is 0.400. The Balaban J connectivity index is 0.000000566. The lowest BCUT2D eigenvalue weighted by Gasteiger charge is -2.29. The fourth-order valence-corrected chi connectivity index (χ4v) is 3.50. The first-order chi connectivity index (χ1) is 20.9. The van der Waals surface area contributed by atoms with Crippen molar-refractivity contribution in [3.63, 3.8) is 0 Å². The number of carbonyl (C=O) groups excluding carboxylic acids is 3. The number of hydrazone groups is 1. The van der Waals surface area contributed by atoms with Gasteiger partial charge in [-0.2, -0.15) is 18.3 Å². The van der Waals surface area contributed by atoms with Crippen LogP contribution in [0.3, 0.4) is 0 Å². The minimum absolute atomic E-state index is 0.0668. The molecule has 0 saturated heterocycles. The molecule has 2 aliphatic heterocycles. The van der Waals surface area contributed by atoms with E-state index in [-0.39, 0.29) is 36.5 Å². The molecule has 14 heteroatoms. The van der Waals surface area contributed by atoms with Crippen LogP contribution >= 0.6 is 0 Å². The van der Waals surface area contributed by atoms with Crippen molar-refractivity contribution in [1.82, 2.24) is 15.6 Å². The van der Waals surface area contributed by atoms with E-state index < -0.39 is 24.2 Å². The van der Waals surface area contributed by atoms with E-state index in [0.717, 1.165) is 23.1 Å². The summed E-state index contributed by atoms with van der Waals surface area (Å²) in [7, 11) is 2.90. The number of aryl methyl sites for hydroxylation is 1. The summed E-state index contributed by atoms with van der Waals surface area (Å²) in [5.41, 5.74) is 2.38. The highest BCUT2D eigenvalue weighted by atomic mass is 19.4. The molecule has 0 radical (unpaired) electrons. The molecule has 11 nitrogen and oxygen atoms in total. The smallest absolute Gasteiger partial charge is 0.409 e. The molecule has 3 N–H and O–H groups in total. The van der Waals surface area contributed by atoms with Crippen LogP contribution < -0.4 is 20.7 Å². The summed E-state index contributed by atoms with van der Waals surface area (Å²) >= 11 is 0. The molecule has 0 aliphatic carbocycles. The lowest BCUT2D eigenvalue weighted by Crippen LogP contribution is -2.42. The summed E-state index contributed by atoms with van der Waals surface area (Å²) in [6.07, 6.45) is 1.92. The molecule has 1 atom stereocenters. The zero-order valence-electron chi connectivity index (χ0n) is 26.0. The van der Waals surface area contributed by atoms with Crippen LogP contribution in [0.4, 0.5) is 18.9 Å². The number of hydrogen-bond acceptors (Lipinski definition) is 8. The fourth-order valence-electron chi connectivity index (χ4n) is 3.50. The van der Waals surface area contributed by atoms with Crippen LogP contribution in [0.1, 0.15) is 39.7 Å². The normalized spacial score (nSPS) is 16.5. The lowest BCUT2D eigenvalue weighted by atomic mass is 10.2. The molecule has 1 aromatic rings. The van der Waals surface area contributed by atoms with E-state index >= 15 is 0 Å². The van der Waals surface area contributed by atoms with Crippen molar-refractivity contribution >= 4 is 41.5 Å². The maximum atomic E-state index is 12.8. The number of halogens is 3. The Morgan fingerprint density at radius 1 is 1.25 bits per heavy atom. The van der Waals surface area contributed by atoms with Crippen LogP contribution in [-0.4, -0.2) is 80.5 Å². The minimum atomic E-state index is -4.44. The molecule has 2 heterocycles. The van der Waals surface area contributed by atoms with Crippen molar-refractivity contribution in [2.45, 2.75) is 53.4 Å². The van der Waals surface area contributed by atoms with Gasteiger partial charge in [-0.05, 0) is 43.5 Å². The average Bonchev–Trinajstić information content (AvgIpc) is 2.98. The Morgan fingerprint density at radius 3 is 2.57 bits per heavy atom. The van der Waals surface area contributed by atoms with Gasteiger partial charge in [-0.3, -0.25) is 24.4 Å². The van der Waals surface area contributed by atoms with E-state index in [0.29, 0.717) is 12.0 Å². The van der Waals surface area contributed by atoms with Crippen LogP contribution in [0.25, 0.3) is 0 Å². The predicted octanol–water partition coefficient (Wildman–Crippen LogP) is 4.33. The Labute approximate surface area is 255 Å². The third-order valence-electron chi connectivity index (χ3n) is 5.39. The van der Waals surface area contributed by atoms with Crippen molar-refractivity contribution in [2.75, 3.05) is 32.6 Å². The van der Waals surface area contributed by atoms with E-state index in [1.807, 2.05) is 45.9 Å². The summed E-state index contributed by atoms with van der Waals surface area (Å²) in [4.78, 5) is 43.6. The average molecular weight is 620 g/mol. The van der Waals surface area contributed by atoms with Crippen LogP contribution in [0.15, 0.2) is 68.9 Å². The van der Waals surface area contributed by atoms with Gasteiger partial charge in [-0.1, -0.05) is 39.0 Å². The Bertz CT molecular complexity index is 1330. The van der Waals surface area contributed by atoms with Gasteiger partial charge in [0, 0.05) is 45.2 Å². The molecule has 0 fully saturated rings. The minimum Gasteiger partial charge on any atom is -0.482 e. The van der Waals surface area contributed by atoms with Gasteiger partial charge in [0.05, 0.1) is 5.69 Å². The second-order valence-electron chi connectivity index (χ2n) is 8.85. The zero-order valence-corrected chi connectivity index (χ0v) is 26.0. The zero-order chi connectivity index (χ0) is 33.3. The van der Waals surface area contributed by atoms with Crippen LogP contribution in [0, 0.1) is 6.92 Å². The second-order valence-corrected chi connectivity index (χ2v) is 8.85. The molecule has 3 amide bonds. The molecular weight excluding hydrogens is 579 g/mol. The molecule has 1 aromatic carbocycles. The van der Waals surface area contributed by atoms with Gasteiger partial charge in [0.1, 0.15) is 23.3 Å². The van der Waals surface area contributed by atoms with Crippen LogP contribution in [-0.2, 0) is 14.4 Å². The van der Waals surface area contributed by atoms with Gasteiger partial charge in [-0.15, -0.1) is 0 Å². The number of hydrogen-bond donors (Lipinski definition) is 3. The molecule has 0 saturated carbocycles. The Hall–Kier alpha value is -4.75. The van der Waals surface area contributed by atoms with Crippen molar-refractivity contribution < 1.29 is 32.3 Å². The van der Waals surface area contributed by atoms with Gasteiger partial charge >= 0.3 is 6.18 Å². The number of rotatable bonds is 8. The largest absolute Gasteiger partial charge is 0.482 e. The van der Waals surface area contributed by atoms with Gasteiger partial charge in [0.25, 0.3) is 17.7 Å². The van der Waals surface area contributed by atoms with Crippen molar-refractivity contribution in [1.29, 1.82) is 0 Å². The Kier molecular flexibility index (Phi) is 15.9. The molecular formula is C30H40F3N7O4. The summed E-state index contributed by atoms with van der Waals surface area (Å²) in [6.45, 7) is 9.56. The first-order valence-electron chi connectivity index (χ1n) is 13.9. The van der Waals surface area contributed by atoms with E-state index in [9.17, 15) is 27.6 Å². The summed E-state index contributed by atoms with van der Waals surface area (Å²) in [6, 6.07) is 5.72. The first-order valence-corrected chi connectivity index (χ1v) is 13.9. The SMILES string of the molecule is CC.CC/C=N\N1C(C(=O)NC/C(C=NC)=C/C=C/C(F)(F)F)=CC(C(=O)NC)=NC1C.Cc1ccc2c(c1)NC(=O)CO2. The number of nitrogens with zero attached hydrogens (tertiary/aromatic N) is 4. The van der Waals surface area contributed by atoms with Crippen molar-refractivity contribution in [3.05, 3.63) is 59.3 Å². The molecule has 240 valence electrons.